The fourth-order valence-electron chi connectivity index (χ4n) is 2.70. The molecule has 1 aromatic heterocycles. The van der Waals surface area contributed by atoms with E-state index < -0.39 is 0 Å². The van der Waals surface area contributed by atoms with Gasteiger partial charge in [-0.3, -0.25) is 9.59 Å². The van der Waals surface area contributed by atoms with E-state index in [4.69, 9.17) is 23.2 Å². The van der Waals surface area contributed by atoms with Crippen molar-refractivity contribution in [3.8, 4) is 0 Å². The molecule has 1 unspecified atom stereocenters. The van der Waals surface area contributed by atoms with Crippen LogP contribution in [0.15, 0.2) is 41.3 Å². The summed E-state index contributed by atoms with van der Waals surface area (Å²) >= 11 is 11.9. The van der Waals surface area contributed by atoms with Gasteiger partial charge in [0, 0.05) is 12.3 Å². The van der Waals surface area contributed by atoms with Crippen molar-refractivity contribution in [1.29, 1.82) is 0 Å². The molecule has 0 spiro atoms. The van der Waals surface area contributed by atoms with Crippen LogP contribution in [-0.4, -0.2) is 23.1 Å². The number of carbonyl (C=O) groups excluding carboxylic acids is 1. The number of hydrogen-bond donors (Lipinski definition) is 2. The summed E-state index contributed by atoms with van der Waals surface area (Å²) in [6, 6.07) is 8.12. The zero-order valence-corrected chi connectivity index (χ0v) is 15.6. The molecule has 1 atom stereocenters. The van der Waals surface area contributed by atoms with Gasteiger partial charge in [0.05, 0.1) is 28.3 Å². The molecular formula is C17H18Cl3N3O2. The summed E-state index contributed by atoms with van der Waals surface area (Å²) in [4.78, 5) is 24.2. The van der Waals surface area contributed by atoms with Crippen LogP contribution in [0.3, 0.4) is 0 Å². The highest BCUT2D eigenvalue weighted by Gasteiger charge is 2.21. The number of nitrogens with zero attached hydrogens (tertiary/aromatic N) is 1. The average Bonchev–Trinajstić information content (AvgIpc) is 3.09. The first kappa shape index (κ1) is 19.8. The van der Waals surface area contributed by atoms with Crippen LogP contribution in [0, 0.1) is 0 Å². The molecule has 2 aromatic rings. The summed E-state index contributed by atoms with van der Waals surface area (Å²) in [6.45, 7) is 1.20. The van der Waals surface area contributed by atoms with Crippen molar-refractivity contribution < 1.29 is 4.79 Å². The lowest BCUT2D eigenvalue weighted by Gasteiger charge is -2.13. The maximum absolute atomic E-state index is 12.2. The van der Waals surface area contributed by atoms with E-state index in [1.165, 1.54) is 10.6 Å². The fraction of sp³-hybridized carbons (Fsp3) is 0.294. The Bertz CT molecular complexity index is 817. The van der Waals surface area contributed by atoms with E-state index >= 15 is 0 Å². The molecule has 1 amide bonds. The van der Waals surface area contributed by atoms with Crippen LogP contribution >= 0.6 is 35.6 Å². The Labute approximate surface area is 161 Å². The highest BCUT2D eigenvalue weighted by molar-refractivity contribution is 6.42. The molecule has 8 heteroatoms. The number of aromatic nitrogens is 1. The van der Waals surface area contributed by atoms with Crippen molar-refractivity contribution in [3.63, 3.8) is 0 Å². The van der Waals surface area contributed by atoms with Crippen LogP contribution in [0.5, 0.6) is 0 Å². The Hall–Kier alpha value is -1.53. The van der Waals surface area contributed by atoms with E-state index in [2.05, 4.69) is 10.6 Å². The lowest BCUT2D eigenvalue weighted by atomic mass is 10.2. The monoisotopic (exact) mass is 401 g/mol. The van der Waals surface area contributed by atoms with Gasteiger partial charge in [-0.1, -0.05) is 29.3 Å². The van der Waals surface area contributed by atoms with Crippen molar-refractivity contribution >= 4 is 47.2 Å². The molecular weight excluding hydrogens is 385 g/mol. The second kappa shape index (κ2) is 8.72. The number of carbonyl (C=O) groups is 1. The van der Waals surface area contributed by atoms with E-state index in [1.54, 1.807) is 24.4 Å². The summed E-state index contributed by atoms with van der Waals surface area (Å²) in [5, 5.41) is 6.91. The lowest BCUT2D eigenvalue weighted by molar-refractivity contribution is -0.117. The Kier molecular flexibility index (Phi) is 6.90. The highest BCUT2D eigenvalue weighted by Crippen LogP contribution is 2.23. The summed E-state index contributed by atoms with van der Waals surface area (Å²) < 4.78 is 1.53. The van der Waals surface area contributed by atoms with Crippen LogP contribution < -0.4 is 16.2 Å². The predicted octanol–water partition coefficient (Wildman–Crippen LogP) is 3.32. The van der Waals surface area contributed by atoms with Crippen LogP contribution in [0.25, 0.3) is 0 Å². The van der Waals surface area contributed by atoms with Crippen LogP contribution in [-0.2, 0) is 11.3 Å². The topological polar surface area (TPSA) is 63.1 Å². The minimum Gasteiger partial charge on any atom is -0.323 e. The van der Waals surface area contributed by atoms with Crippen molar-refractivity contribution in [3.05, 3.63) is 62.5 Å². The van der Waals surface area contributed by atoms with Crippen LogP contribution in [0.1, 0.15) is 18.4 Å². The number of rotatable bonds is 4. The quantitative estimate of drug-likeness (QED) is 0.824. The zero-order valence-electron chi connectivity index (χ0n) is 13.3. The molecule has 25 heavy (non-hydrogen) atoms. The Balaban J connectivity index is 0.00000225. The predicted molar refractivity (Wildman–Crippen MR) is 103 cm³/mol. The third kappa shape index (κ3) is 4.98. The minimum atomic E-state index is -0.166. The Morgan fingerprint density at radius 2 is 2.04 bits per heavy atom. The van der Waals surface area contributed by atoms with E-state index in [-0.39, 0.29) is 29.9 Å². The van der Waals surface area contributed by atoms with Crippen molar-refractivity contribution in [2.75, 3.05) is 11.9 Å². The van der Waals surface area contributed by atoms with Crippen molar-refractivity contribution in [2.24, 2.45) is 0 Å². The first-order valence-corrected chi connectivity index (χ1v) is 8.47. The minimum absolute atomic E-state index is 0. The molecule has 0 aliphatic carbocycles. The smallest absolute Gasteiger partial charge is 0.250 e. The number of hydrogen-bond acceptors (Lipinski definition) is 3. The summed E-state index contributed by atoms with van der Waals surface area (Å²) in [7, 11) is 0. The number of anilines is 1. The number of nitrogens with one attached hydrogen (secondary N) is 2. The zero-order chi connectivity index (χ0) is 17.1. The summed E-state index contributed by atoms with van der Waals surface area (Å²) in [6.07, 6.45) is 3.46. The molecule has 2 heterocycles. The maximum atomic E-state index is 12.2. The molecule has 2 N–H and O–H groups in total. The number of pyridine rings is 1. The molecule has 0 bridgehead atoms. The first-order chi connectivity index (χ1) is 11.5. The van der Waals surface area contributed by atoms with Gasteiger partial charge in [-0.2, -0.15) is 0 Å². The van der Waals surface area contributed by atoms with E-state index in [0.717, 1.165) is 24.9 Å². The normalized spacial score (nSPS) is 16.3. The van der Waals surface area contributed by atoms with Gasteiger partial charge in [0.2, 0.25) is 5.91 Å². The number of amides is 1. The Morgan fingerprint density at radius 1 is 1.24 bits per heavy atom. The molecule has 134 valence electrons. The van der Waals surface area contributed by atoms with Gasteiger partial charge in [-0.25, -0.2) is 0 Å². The van der Waals surface area contributed by atoms with Gasteiger partial charge in [-0.05, 0) is 43.1 Å². The summed E-state index contributed by atoms with van der Waals surface area (Å²) in [5.74, 6) is -0.0766. The molecule has 1 aliphatic heterocycles. The molecule has 3 rings (SSSR count). The standard InChI is InChI=1S/C17H17Cl2N3O2.ClH/c18-13-5-3-11(8-14(13)19)9-22-10-12(4-6-16(22)23)21-17(24)15-2-1-7-20-15;/h3-6,8,10,15,20H,1-2,7,9H2,(H,21,24);1H. The maximum Gasteiger partial charge on any atom is 0.250 e. The van der Waals surface area contributed by atoms with Crippen molar-refractivity contribution in [1.82, 2.24) is 9.88 Å². The molecule has 1 fully saturated rings. The molecule has 0 radical (unpaired) electrons. The summed E-state index contributed by atoms with van der Waals surface area (Å²) in [5.41, 5.74) is 1.29. The fourth-order valence-corrected chi connectivity index (χ4v) is 3.02. The molecule has 1 aliphatic rings. The first-order valence-electron chi connectivity index (χ1n) is 7.71. The van der Waals surface area contributed by atoms with E-state index in [9.17, 15) is 9.59 Å². The third-order valence-corrected chi connectivity index (χ3v) is 4.70. The van der Waals surface area contributed by atoms with Gasteiger partial charge >= 0.3 is 0 Å². The van der Waals surface area contributed by atoms with E-state index in [1.807, 2.05) is 6.07 Å². The molecule has 0 saturated carbocycles. The molecule has 5 nitrogen and oxygen atoms in total. The van der Waals surface area contributed by atoms with Gasteiger partial charge in [0.25, 0.3) is 5.56 Å². The van der Waals surface area contributed by atoms with Gasteiger partial charge in [0.1, 0.15) is 0 Å². The second-order valence-electron chi connectivity index (χ2n) is 5.77. The molecule has 1 saturated heterocycles. The van der Waals surface area contributed by atoms with Gasteiger partial charge in [0.15, 0.2) is 0 Å². The highest BCUT2D eigenvalue weighted by atomic mass is 35.5. The van der Waals surface area contributed by atoms with Gasteiger partial charge < -0.3 is 15.2 Å². The third-order valence-electron chi connectivity index (χ3n) is 3.96. The SMILES string of the molecule is Cl.O=C(Nc1ccc(=O)n(Cc2ccc(Cl)c(Cl)c2)c1)C1CCCN1. The average molecular weight is 403 g/mol. The van der Waals surface area contributed by atoms with E-state index in [0.29, 0.717) is 22.3 Å². The number of halogens is 3. The number of benzene rings is 1. The second-order valence-corrected chi connectivity index (χ2v) is 6.58. The van der Waals surface area contributed by atoms with Crippen LogP contribution in [0.4, 0.5) is 5.69 Å². The van der Waals surface area contributed by atoms with Crippen molar-refractivity contribution in [2.45, 2.75) is 25.4 Å². The van der Waals surface area contributed by atoms with Gasteiger partial charge in [-0.15, -0.1) is 12.4 Å². The largest absolute Gasteiger partial charge is 0.323 e. The Morgan fingerprint density at radius 3 is 2.72 bits per heavy atom. The van der Waals surface area contributed by atoms with Crippen LogP contribution in [0.2, 0.25) is 10.0 Å². The lowest BCUT2D eigenvalue weighted by Crippen LogP contribution is -2.35. The molecule has 1 aromatic carbocycles.